The molecule has 0 unspecified atom stereocenters. The van der Waals surface area contributed by atoms with E-state index < -0.39 is 11.8 Å². The van der Waals surface area contributed by atoms with Gasteiger partial charge in [0.1, 0.15) is 5.82 Å². The lowest BCUT2D eigenvalue weighted by molar-refractivity contribution is -0.137. The minimum Gasteiger partial charge on any atom is -0.344 e. The molecule has 1 aromatic rings. The second kappa shape index (κ2) is 8.77. The van der Waals surface area contributed by atoms with E-state index in [0.29, 0.717) is 24.3 Å². The first-order valence-electron chi connectivity index (χ1n) is 7.70. The molecule has 1 heterocycles. The second-order valence-electron chi connectivity index (χ2n) is 5.88. The Morgan fingerprint density at radius 2 is 2.04 bits per heavy atom. The van der Waals surface area contributed by atoms with Gasteiger partial charge in [-0.3, -0.25) is 17.5 Å². The van der Waals surface area contributed by atoms with E-state index in [-0.39, 0.29) is 29.7 Å². The second-order valence-corrected chi connectivity index (χ2v) is 7.77. The first-order valence-corrected chi connectivity index (χ1v) is 9.04. The minimum absolute atomic E-state index is 0.0207. The summed E-state index contributed by atoms with van der Waals surface area (Å²) in [5.41, 5.74) is 6.08. The number of halogens is 2. The maximum Gasteiger partial charge on any atom is 0.314 e. The third kappa shape index (κ3) is 5.51. The van der Waals surface area contributed by atoms with Crippen molar-refractivity contribution < 1.29 is 14.4 Å². The number of anilines is 1. The summed E-state index contributed by atoms with van der Waals surface area (Å²) in [5, 5.41) is 5.45. The predicted octanol–water partition coefficient (Wildman–Crippen LogP) is 1.09. The molecule has 136 valence electrons. The van der Waals surface area contributed by atoms with Gasteiger partial charge in [0.25, 0.3) is 0 Å². The van der Waals surface area contributed by atoms with Crippen LogP contribution in [0.15, 0.2) is 18.3 Å². The van der Waals surface area contributed by atoms with Gasteiger partial charge in [-0.25, -0.2) is 4.98 Å². The number of nitrogens with one attached hydrogen (secondary N) is 2. The summed E-state index contributed by atoms with van der Waals surface area (Å²) in [5.74, 6) is -1.52. The zero-order valence-electron chi connectivity index (χ0n) is 13.5. The molecule has 3 amide bonds. The van der Waals surface area contributed by atoms with E-state index in [2.05, 4.69) is 15.6 Å². The first-order chi connectivity index (χ1) is 11.8. The molecule has 25 heavy (non-hydrogen) atoms. The van der Waals surface area contributed by atoms with Crippen LogP contribution in [0.25, 0.3) is 0 Å². The Balaban J connectivity index is 1.87. The normalized spacial score (nSPS) is 22.8. The standard InChI is InChI=1S/C15H19ClIN5O3/c1-22(17)15(25)8-2-4-11(10(18)6-8)20-13(23)14(24)21-12-5-3-9(16)7-19-12/h3,5,7-8,10-11H,2,4,6,18H2,1H3,(H,20,23)(H,19,21,24)/t8-,10+,11-/m0/s1. The molecular formula is C15H19ClIN5O3. The summed E-state index contributed by atoms with van der Waals surface area (Å²) >= 11 is 7.64. The molecule has 0 radical (unpaired) electrons. The van der Waals surface area contributed by atoms with E-state index in [1.807, 2.05) is 22.9 Å². The molecule has 0 bridgehead atoms. The minimum atomic E-state index is -0.827. The number of nitrogens with two attached hydrogens (primary N) is 1. The summed E-state index contributed by atoms with van der Waals surface area (Å²) in [6.07, 6.45) is 3.00. The van der Waals surface area contributed by atoms with Crippen LogP contribution in [-0.2, 0) is 14.4 Å². The molecule has 1 saturated carbocycles. The van der Waals surface area contributed by atoms with Gasteiger partial charge in [-0.15, -0.1) is 0 Å². The van der Waals surface area contributed by atoms with Crippen LogP contribution < -0.4 is 16.4 Å². The summed E-state index contributed by atoms with van der Waals surface area (Å²) in [4.78, 5) is 39.9. The lowest BCUT2D eigenvalue weighted by Crippen LogP contribution is -2.54. The zero-order valence-corrected chi connectivity index (χ0v) is 16.5. The van der Waals surface area contributed by atoms with Crippen molar-refractivity contribution in [1.82, 2.24) is 13.4 Å². The monoisotopic (exact) mass is 479 g/mol. The molecule has 10 heteroatoms. The van der Waals surface area contributed by atoms with Crippen LogP contribution >= 0.6 is 34.5 Å². The Morgan fingerprint density at radius 1 is 1.32 bits per heavy atom. The Labute approximate surface area is 164 Å². The number of amides is 3. The van der Waals surface area contributed by atoms with Gasteiger partial charge < -0.3 is 16.4 Å². The topological polar surface area (TPSA) is 117 Å². The van der Waals surface area contributed by atoms with Crippen LogP contribution in [0.3, 0.4) is 0 Å². The molecule has 8 nitrogen and oxygen atoms in total. The van der Waals surface area contributed by atoms with Crippen molar-refractivity contribution in [3.8, 4) is 0 Å². The predicted molar refractivity (Wildman–Crippen MR) is 102 cm³/mol. The Morgan fingerprint density at radius 3 is 2.60 bits per heavy atom. The van der Waals surface area contributed by atoms with Crippen LogP contribution in [0.4, 0.5) is 5.82 Å². The largest absolute Gasteiger partial charge is 0.344 e. The molecule has 0 spiro atoms. The van der Waals surface area contributed by atoms with E-state index in [0.717, 1.165) is 0 Å². The SMILES string of the molecule is CN(I)C(=O)[C@H]1CC[C@H](NC(=O)C(=O)Nc2ccc(Cl)cn2)[C@H](N)C1. The molecule has 1 aromatic heterocycles. The molecule has 2 rings (SSSR count). The van der Waals surface area contributed by atoms with Gasteiger partial charge >= 0.3 is 11.8 Å². The quantitative estimate of drug-likeness (QED) is 0.341. The number of rotatable bonds is 3. The number of carbonyl (C=O) groups excluding carboxylic acids is 3. The van der Waals surface area contributed by atoms with E-state index in [1.54, 1.807) is 13.1 Å². The summed E-state index contributed by atoms with van der Waals surface area (Å²) in [6.45, 7) is 0. The highest BCUT2D eigenvalue weighted by Gasteiger charge is 2.34. The molecule has 4 N–H and O–H groups in total. The average molecular weight is 480 g/mol. The number of pyridine rings is 1. The lowest BCUT2D eigenvalue weighted by Gasteiger charge is -2.34. The highest BCUT2D eigenvalue weighted by molar-refractivity contribution is 14.1. The molecular weight excluding hydrogens is 461 g/mol. The van der Waals surface area contributed by atoms with Gasteiger partial charge in [-0.05, 0) is 31.4 Å². The fourth-order valence-electron chi connectivity index (χ4n) is 2.72. The van der Waals surface area contributed by atoms with Gasteiger partial charge in [-0.2, -0.15) is 0 Å². The lowest BCUT2D eigenvalue weighted by atomic mass is 9.82. The summed E-state index contributed by atoms with van der Waals surface area (Å²) in [6, 6.07) is 2.32. The fraction of sp³-hybridized carbons (Fsp3) is 0.467. The van der Waals surface area contributed by atoms with Crippen LogP contribution in [0.1, 0.15) is 19.3 Å². The van der Waals surface area contributed by atoms with Crippen molar-refractivity contribution in [3.05, 3.63) is 23.4 Å². The molecule has 0 aromatic carbocycles. The van der Waals surface area contributed by atoms with Crippen molar-refractivity contribution in [2.75, 3.05) is 12.4 Å². The molecule has 3 atom stereocenters. The maximum absolute atomic E-state index is 12.0. The van der Waals surface area contributed by atoms with E-state index >= 15 is 0 Å². The van der Waals surface area contributed by atoms with Gasteiger partial charge in [0.05, 0.1) is 27.9 Å². The number of carbonyl (C=O) groups is 3. The van der Waals surface area contributed by atoms with Crippen LogP contribution in [-0.4, -0.2) is 45.0 Å². The number of hydrogen-bond donors (Lipinski definition) is 3. The van der Waals surface area contributed by atoms with Crippen LogP contribution in [0, 0.1) is 5.92 Å². The first kappa shape index (κ1) is 19.9. The van der Waals surface area contributed by atoms with Crippen molar-refractivity contribution >= 4 is 58.0 Å². The highest BCUT2D eigenvalue weighted by atomic mass is 127. The summed E-state index contributed by atoms with van der Waals surface area (Å²) < 4.78 is 1.51. The van der Waals surface area contributed by atoms with E-state index in [1.165, 1.54) is 15.4 Å². The Bertz CT molecular complexity index is 655. The smallest absolute Gasteiger partial charge is 0.314 e. The molecule has 0 saturated heterocycles. The van der Waals surface area contributed by atoms with Crippen LogP contribution in [0.5, 0.6) is 0 Å². The highest BCUT2D eigenvalue weighted by Crippen LogP contribution is 2.26. The van der Waals surface area contributed by atoms with Crippen molar-refractivity contribution in [2.45, 2.75) is 31.3 Å². The van der Waals surface area contributed by atoms with E-state index in [4.69, 9.17) is 17.3 Å². The molecule has 1 aliphatic carbocycles. The zero-order chi connectivity index (χ0) is 18.6. The maximum atomic E-state index is 12.0. The van der Waals surface area contributed by atoms with Crippen LogP contribution in [0.2, 0.25) is 5.02 Å². The van der Waals surface area contributed by atoms with E-state index in [9.17, 15) is 14.4 Å². The molecule has 1 fully saturated rings. The Kier molecular flexibility index (Phi) is 6.96. The van der Waals surface area contributed by atoms with Crippen molar-refractivity contribution in [1.29, 1.82) is 0 Å². The number of nitrogens with zero attached hydrogens (tertiary/aromatic N) is 2. The third-order valence-electron chi connectivity index (χ3n) is 4.04. The van der Waals surface area contributed by atoms with Gasteiger partial charge in [0.2, 0.25) is 5.91 Å². The summed E-state index contributed by atoms with van der Waals surface area (Å²) in [7, 11) is 1.69. The number of hydrogen-bond acceptors (Lipinski definition) is 5. The van der Waals surface area contributed by atoms with Gasteiger partial charge in [0.15, 0.2) is 0 Å². The van der Waals surface area contributed by atoms with Crippen molar-refractivity contribution in [3.63, 3.8) is 0 Å². The van der Waals surface area contributed by atoms with Gasteiger partial charge in [-0.1, -0.05) is 11.6 Å². The third-order valence-corrected chi connectivity index (χ3v) is 4.74. The van der Waals surface area contributed by atoms with Crippen molar-refractivity contribution in [2.24, 2.45) is 11.7 Å². The molecule has 0 aliphatic heterocycles. The fourth-order valence-corrected chi connectivity index (χ4v) is 3.22. The molecule has 1 aliphatic rings. The average Bonchev–Trinajstić information content (AvgIpc) is 2.57. The van der Waals surface area contributed by atoms with Gasteiger partial charge in [0, 0.05) is 31.2 Å². The Hall–Kier alpha value is -1.46. The number of aromatic nitrogens is 1.